The van der Waals surface area contributed by atoms with Crippen LogP contribution in [-0.4, -0.2) is 41.9 Å². The maximum Gasteiger partial charge on any atom is 0.244 e. The third kappa shape index (κ3) is 4.92. The van der Waals surface area contributed by atoms with Gasteiger partial charge < -0.3 is 9.84 Å². The molecule has 11 heteroatoms. The maximum atomic E-state index is 13.7. The Bertz CT molecular complexity index is 1300. The average Bonchev–Trinajstić information content (AvgIpc) is 3.23. The van der Waals surface area contributed by atoms with E-state index >= 15 is 0 Å². The maximum absolute atomic E-state index is 13.7. The van der Waals surface area contributed by atoms with Gasteiger partial charge in [0.2, 0.25) is 27.6 Å². The fourth-order valence-electron chi connectivity index (χ4n) is 3.67. The zero-order valence-electron chi connectivity index (χ0n) is 18.0. The number of aryl methyl sites for hydroxylation is 2. The monoisotopic (exact) mass is 492 g/mol. The summed E-state index contributed by atoms with van der Waals surface area (Å²) in [6.07, 6.45) is 0.668. The van der Waals surface area contributed by atoms with E-state index in [4.69, 9.17) is 16.1 Å². The molecule has 1 aliphatic heterocycles. The molecular formula is C22H22ClFN4O4S. The highest BCUT2D eigenvalue weighted by atomic mass is 35.5. The third-order valence-electron chi connectivity index (χ3n) is 5.60. The Balaban J connectivity index is 1.45. The van der Waals surface area contributed by atoms with Crippen LogP contribution in [0.5, 0.6) is 0 Å². The van der Waals surface area contributed by atoms with Crippen molar-refractivity contribution in [2.24, 2.45) is 5.92 Å². The molecule has 1 aliphatic rings. The van der Waals surface area contributed by atoms with E-state index in [1.807, 2.05) is 0 Å². The molecule has 2 aromatic carbocycles. The van der Waals surface area contributed by atoms with Gasteiger partial charge in [-0.1, -0.05) is 22.8 Å². The first-order valence-electron chi connectivity index (χ1n) is 10.3. The molecule has 4 rings (SSSR count). The normalized spacial score (nSPS) is 15.5. The van der Waals surface area contributed by atoms with Crippen molar-refractivity contribution in [3.8, 4) is 11.4 Å². The van der Waals surface area contributed by atoms with Crippen LogP contribution in [0.15, 0.2) is 45.8 Å². The fraction of sp³-hybridized carbons (Fsp3) is 0.318. The summed E-state index contributed by atoms with van der Waals surface area (Å²) in [5, 5.41) is 6.61. The Kier molecular flexibility index (Phi) is 6.51. The van der Waals surface area contributed by atoms with Crippen molar-refractivity contribution in [3.05, 3.63) is 58.7 Å². The number of sulfonamides is 1. The molecule has 0 aliphatic carbocycles. The summed E-state index contributed by atoms with van der Waals surface area (Å²) in [6.45, 7) is 3.59. The van der Waals surface area contributed by atoms with Gasteiger partial charge in [-0.2, -0.15) is 9.29 Å². The second-order valence-electron chi connectivity index (χ2n) is 7.91. The molecule has 0 saturated carbocycles. The Morgan fingerprint density at radius 3 is 2.55 bits per heavy atom. The van der Waals surface area contributed by atoms with Crippen molar-refractivity contribution < 1.29 is 22.1 Å². The minimum absolute atomic E-state index is 0.0536. The molecule has 33 heavy (non-hydrogen) atoms. The van der Waals surface area contributed by atoms with Gasteiger partial charge in [-0.3, -0.25) is 4.79 Å². The number of piperidine rings is 1. The number of rotatable bonds is 5. The number of aromatic nitrogens is 2. The predicted octanol–water partition coefficient (Wildman–Crippen LogP) is 4.19. The number of amides is 1. The number of nitrogens with zero attached hydrogens (tertiary/aromatic N) is 3. The van der Waals surface area contributed by atoms with Crippen LogP contribution in [0.1, 0.15) is 24.3 Å². The Labute approximate surface area is 195 Å². The third-order valence-corrected chi connectivity index (χ3v) is 7.98. The Morgan fingerprint density at radius 2 is 1.91 bits per heavy atom. The number of benzene rings is 2. The van der Waals surface area contributed by atoms with Crippen molar-refractivity contribution in [1.82, 2.24) is 14.4 Å². The number of hydrogen-bond donors (Lipinski definition) is 1. The number of carbonyl (C=O) groups is 1. The fourth-order valence-corrected chi connectivity index (χ4v) is 5.64. The molecular weight excluding hydrogens is 471 g/mol. The smallest absolute Gasteiger partial charge is 0.244 e. The zero-order chi connectivity index (χ0) is 23.8. The molecule has 1 N–H and O–H groups in total. The second kappa shape index (κ2) is 9.20. The Hall–Kier alpha value is -2.82. The number of nitrogens with one attached hydrogen (secondary N) is 1. The molecule has 1 amide bonds. The summed E-state index contributed by atoms with van der Waals surface area (Å²) in [5.74, 6) is -0.418. The highest BCUT2D eigenvalue weighted by Crippen LogP contribution is 2.31. The van der Waals surface area contributed by atoms with Crippen LogP contribution in [-0.2, 0) is 14.8 Å². The molecule has 0 unspecified atom stereocenters. The van der Waals surface area contributed by atoms with E-state index in [0.29, 0.717) is 35.5 Å². The summed E-state index contributed by atoms with van der Waals surface area (Å²) in [4.78, 5) is 16.7. The van der Waals surface area contributed by atoms with Gasteiger partial charge in [0, 0.05) is 37.2 Å². The number of anilines is 1. The zero-order valence-corrected chi connectivity index (χ0v) is 19.6. The minimum atomic E-state index is -3.90. The molecule has 0 atom stereocenters. The van der Waals surface area contributed by atoms with Crippen LogP contribution in [0, 0.1) is 25.6 Å². The van der Waals surface area contributed by atoms with Crippen LogP contribution in [0.4, 0.5) is 10.1 Å². The van der Waals surface area contributed by atoms with Gasteiger partial charge >= 0.3 is 0 Å². The van der Waals surface area contributed by atoms with E-state index in [0.717, 1.165) is 0 Å². The molecule has 8 nitrogen and oxygen atoms in total. The van der Waals surface area contributed by atoms with Crippen molar-refractivity contribution in [2.45, 2.75) is 31.6 Å². The molecule has 174 valence electrons. The topological polar surface area (TPSA) is 105 Å². The first-order valence-corrected chi connectivity index (χ1v) is 12.1. The lowest BCUT2D eigenvalue weighted by molar-refractivity contribution is -0.120. The van der Waals surface area contributed by atoms with Crippen molar-refractivity contribution in [2.75, 3.05) is 18.4 Å². The molecule has 1 fully saturated rings. The van der Waals surface area contributed by atoms with E-state index in [1.165, 1.54) is 22.5 Å². The number of hydrogen-bond acceptors (Lipinski definition) is 6. The van der Waals surface area contributed by atoms with Crippen LogP contribution in [0.25, 0.3) is 11.4 Å². The summed E-state index contributed by atoms with van der Waals surface area (Å²) in [7, 11) is -3.90. The van der Waals surface area contributed by atoms with Crippen LogP contribution >= 0.6 is 11.6 Å². The van der Waals surface area contributed by atoms with E-state index in [1.54, 1.807) is 32.0 Å². The summed E-state index contributed by atoms with van der Waals surface area (Å²) >= 11 is 6.22. The van der Waals surface area contributed by atoms with Gasteiger partial charge in [0.05, 0.1) is 5.02 Å². The van der Waals surface area contributed by atoms with E-state index in [-0.39, 0.29) is 40.7 Å². The predicted molar refractivity (Wildman–Crippen MR) is 121 cm³/mol. The summed E-state index contributed by atoms with van der Waals surface area (Å²) in [5.41, 5.74) is 1.33. The van der Waals surface area contributed by atoms with Crippen LogP contribution in [0.2, 0.25) is 5.02 Å². The highest BCUT2D eigenvalue weighted by molar-refractivity contribution is 7.89. The first kappa shape index (κ1) is 23.3. The largest absolute Gasteiger partial charge is 0.339 e. The molecule has 0 radical (unpaired) electrons. The average molecular weight is 493 g/mol. The van der Waals surface area contributed by atoms with E-state index in [2.05, 4.69) is 15.5 Å². The quantitative estimate of drug-likeness (QED) is 0.572. The summed E-state index contributed by atoms with van der Waals surface area (Å²) in [6, 6.07) is 9.02. The van der Waals surface area contributed by atoms with Gasteiger partial charge in [0.25, 0.3) is 0 Å². The molecule has 0 spiro atoms. The number of carbonyl (C=O) groups excluding carboxylic acids is 1. The molecule has 2 heterocycles. The molecule has 3 aromatic rings. The van der Waals surface area contributed by atoms with Gasteiger partial charge in [0.15, 0.2) is 0 Å². The second-order valence-corrected chi connectivity index (χ2v) is 10.2. The summed E-state index contributed by atoms with van der Waals surface area (Å²) < 4.78 is 46.6. The first-order chi connectivity index (χ1) is 15.6. The van der Waals surface area contributed by atoms with Gasteiger partial charge in [-0.15, -0.1) is 0 Å². The molecule has 1 saturated heterocycles. The SMILES string of the molecule is Cc1nc(-c2ccc(Cl)c(S(=O)(=O)N3CCC(C(=O)Nc4ccc(C)c(F)c4)CC3)c2)no1. The van der Waals surface area contributed by atoms with Gasteiger partial charge in [-0.05, 0) is 55.7 Å². The van der Waals surface area contributed by atoms with Crippen molar-refractivity contribution in [1.29, 1.82) is 0 Å². The minimum Gasteiger partial charge on any atom is -0.339 e. The van der Waals surface area contributed by atoms with E-state index in [9.17, 15) is 17.6 Å². The standard InChI is InChI=1S/C22H22ClFN4O4S/c1-13-3-5-17(12-19(13)24)26-22(29)15-7-9-28(10-8-15)33(30,31)20-11-16(4-6-18(20)23)21-25-14(2)32-27-21/h3-6,11-12,15H,7-10H2,1-2H3,(H,26,29). The van der Waals surface area contributed by atoms with Crippen molar-refractivity contribution in [3.63, 3.8) is 0 Å². The lowest BCUT2D eigenvalue weighted by Crippen LogP contribution is -2.41. The van der Waals surface area contributed by atoms with Gasteiger partial charge in [-0.25, -0.2) is 12.8 Å². The molecule has 0 bridgehead atoms. The Morgan fingerprint density at radius 1 is 1.18 bits per heavy atom. The van der Waals surface area contributed by atoms with Crippen LogP contribution in [0.3, 0.4) is 0 Å². The molecule has 1 aromatic heterocycles. The van der Waals surface area contributed by atoms with Crippen molar-refractivity contribution >= 4 is 33.2 Å². The number of halogens is 2. The highest BCUT2D eigenvalue weighted by Gasteiger charge is 2.33. The lowest BCUT2D eigenvalue weighted by atomic mass is 9.97. The van der Waals surface area contributed by atoms with E-state index < -0.39 is 15.8 Å². The lowest BCUT2D eigenvalue weighted by Gasteiger charge is -2.30. The van der Waals surface area contributed by atoms with Crippen LogP contribution < -0.4 is 5.32 Å². The van der Waals surface area contributed by atoms with Gasteiger partial charge in [0.1, 0.15) is 10.7 Å².